The second-order valence-electron chi connectivity index (χ2n) is 7.32. The van der Waals surface area contributed by atoms with Crippen LogP contribution >= 0.6 is 12.4 Å². The molecule has 1 aliphatic heterocycles. The van der Waals surface area contributed by atoms with Crippen molar-refractivity contribution in [2.45, 2.75) is 46.3 Å². The number of ether oxygens (including phenoxy) is 1. The van der Waals surface area contributed by atoms with Crippen LogP contribution in [0.3, 0.4) is 0 Å². The number of hydrogen-bond acceptors (Lipinski definition) is 3. The molecule has 0 saturated carbocycles. The molecule has 1 heterocycles. The fourth-order valence-corrected chi connectivity index (χ4v) is 3.44. The lowest BCUT2D eigenvalue weighted by molar-refractivity contribution is -0.120. The smallest absolute Gasteiger partial charge is 0.227 e. The number of aryl methyl sites for hydroxylation is 2. The zero-order chi connectivity index (χ0) is 18.5. The first-order chi connectivity index (χ1) is 12.5. The summed E-state index contributed by atoms with van der Waals surface area (Å²) < 4.78 is 5.90. The van der Waals surface area contributed by atoms with Gasteiger partial charge in [-0.05, 0) is 69.5 Å². The molecule has 0 bridgehead atoms. The Kier molecular flexibility index (Phi) is 7.69. The molecule has 146 valence electrons. The molecule has 1 saturated heterocycles. The number of rotatable bonds is 5. The quantitative estimate of drug-likeness (QED) is 0.785. The Balaban J connectivity index is 0.00000261. The summed E-state index contributed by atoms with van der Waals surface area (Å²) in [5.41, 5.74) is 4.26. The van der Waals surface area contributed by atoms with Gasteiger partial charge in [0.05, 0.1) is 0 Å². The van der Waals surface area contributed by atoms with Crippen LogP contribution in [0.1, 0.15) is 36.5 Å². The fourth-order valence-electron chi connectivity index (χ4n) is 3.44. The lowest BCUT2D eigenvalue weighted by Gasteiger charge is -2.27. The number of amides is 1. The van der Waals surface area contributed by atoms with E-state index in [-0.39, 0.29) is 24.2 Å². The number of carbonyl (C=O) groups excluding carboxylic acids is 1. The van der Waals surface area contributed by atoms with Gasteiger partial charge in [-0.25, -0.2) is 0 Å². The van der Waals surface area contributed by atoms with Crippen molar-refractivity contribution in [1.82, 2.24) is 5.32 Å². The van der Waals surface area contributed by atoms with E-state index >= 15 is 0 Å². The van der Waals surface area contributed by atoms with Crippen LogP contribution in [0, 0.1) is 19.8 Å². The molecule has 2 N–H and O–H groups in total. The van der Waals surface area contributed by atoms with Gasteiger partial charge in [0, 0.05) is 17.6 Å². The van der Waals surface area contributed by atoms with Gasteiger partial charge in [-0.2, -0.15) is 0 Å². The van der Waals surface area contributed by atoms with Crippen LogP contribution in [0.4, 0.5) is 5.69 Å². The lowest BCUT2D eigenvalue weighted by Crippen LogP contribution is -2.40. The van der Waals surface area contributed by atoms with Crippen molar-refractivity contribution >= 4 is 24.0 Å². The number of hydrogen-bond donors (Lipinski definition) is 2. The van der Waals surface area contributed by atoms with E-state index < -0.39 is 0 Å². The predicted octanol–water partition coefficient (Wildman–Crippen LogP) is 4.63. The Hall–Kier alpha value is -2.04. The van der Waals surface area contributed by atoms with Crippen molar-refractivity contribution in [3.8, 4) is 5.75 Å². The molecule has 27 heavy (non-hydrogen) atoms. The third-order valence-corrected chi connectivity index (χ3v) is 4.94. The van der Waals surface area contributed by atoms with Crippen LogP contribution < -0.4 is 15.4 Å². The van der Waals surface area contributed by atoms with Gasteiger partial charge in [0.25, 0.3) is 0 Å². The molecule has 0 aromatic heterocycles. The molecule has 2 atom stereocenters. The normalized spacial score (nSPS) is 19.1. The maximum Gasteiger partial charge on any atom is 0.227 e. The Labute approximate surface area is 168 Å². The molecule has 3 rings (SSSR count). The Morgan fingerprint density at radius 3 is 2.74 bits per heavy atom. The maximum absolute atomic E-state index is 12.5. The molecule has 0 spiro atoms. The van der Waals surface area contributed by atoms with Gasteiger partial charge in [0.2, 0.25) is 5.91 Å². The van der Waals surface area contributed by atoms with Crippen LogP contribution in [0.25, 0.3) is 0 Å². The number of piperidine rings is 1. The second kappa shape index (κ2) is 9.77. The van der Waals surface area contributed by atoms with E-state index in [9.17, 15) is 4.79 Å². The van der Waals surface area contributed by atoms with Crippen molar-refractivity contribution in [3.63, 3.8) is 0 Å². The number of carbonyl (C=O) groups is 1. The molecule has 2 aromatic carbocycles. The Morgan fingerprint density at radius 2 is 2.04 bits per heavy atom. The summed E-state index contributed by atoms with van der Waals surface area (Å²) in [6, 6.07) is 14.5. The summed E-state index contributed by atoms with van der Waals surface area (Å²) in [6.07, 6.45) is 1.79. The van der Waals surface area contributed by atoms with Crippen LogP contribution in [0.2, 0.25) is 0 Å². The number of anilines is 1. The minimum Gasteiger partial charge on any atom is -0.489 e. The molecule has 5 heteroatoms. The molecule has 1 amide bonds. The van der Waals surface area contributed by atoms with Crippen LogP contribution in [-0.2, 0) is 11.4 Å². The van der Waals surface area contributed by atoms with Gasteiger partial charge in [0.15, 0.2) is 0 Å². The molecular formula is C22H29ClN2O2. The Morgan fingerprint density at radius 1 is 1.22 bits per heavy atom. The summed E-state index contributed by atoms with van der Waals surface area (Å²) in [5.74, 6) is 1.02. The zero-order valence-electron chi connectivity index (χ0n) is 16.2. The van der Waals surface area contributed by atoms with Crippen molar-refractivity contribution in [2.24, 2.45) is 5.92 Å². The largest absolute Gasteiger partial charge is 0.489 e. The average Bonchev–Trinajstić information content (AvgIpc) is 2.62. The molecular weight excluding hydrogens is 360 g/mol. The second-order valence-corrected chi connectivity index (χ2v) is 7.32. The summed E-state index contributed by atoms with van der Waals surface area (Å²) in [6.45, 7) is 7.66. The molecule has 0 aliphatic carbocycles. The van der Waals surface area contributed by atoms with E-state index in [0.717, 1.165) is 42.0 Å². The van der Waals surface area contributed by atoms with Gasteiger partial charge in [-0.15, -0.1) is 12.4 Å². The monoisotopic (exact) mass is 388 g/mol. The lowest BCUT2D eigenvalue weighted by atomic mass is 9.92. The SMILES string of the molecule is Cc1cccc(COc2ccc(NC(=O)[C@H]3CCN[C@@H](C)C3)c(C)c2)c1.Cl. The van der Waals surface area contributed by atoms with E-state index in [2.05, 4.69) is 42.7 Å². The van der Waals surface area contributed by atoms with E-state index in [1.807, 2.05) is 31.2 Å². The highest BCUT2D eigenvalue weighted by Gasteiger charge is 2.24. The molecule has 1 aliphatic rings. The molecule has 0 unspecified atom stereocenters. The fraction of sp³-hybridized carbons (Fsp3) is 0.409. The summed E-state index contributed by atoms with van der Waals surface area (Å²) >= 11 is 0. The molecule has 4 nitrogen and oxygen atoms in total. The Bertz CT molecular complexity index is 779. The third-order valence-electron chi connectivity index (χ3n) is 4.94. The number of benzene rings is 2. The van der Waals surface area contributed by atoms with E-state index in [1.165, 1.54) is 5.56 Å². The first kappa shape index (κ1) is 21.3. The number of halogens is 1. The molecule has 1 fully saturated rings. The molecule has 0 radical (unpaired) electrons. The average molecular weight is 389 g/mol. The first-order valence-electron chi connectivity index (χ1n) is 9.34. The number of nitrogens with one attached hydrogen (secondary N) is 2. The van der Waals surface area contributed by atoms with Crippen molar-refractivity contribution in [1.29, 1.82) is 0 Å². The van der Waals surface area contributed by atoms with Gasteiger partial charge < -0.3 is 15.4 Å². The first-order valence-corrected chi connectivity index (χ1v) is 9.34. The third kappa shape index (κ3) is 5.98. The van der Waals surface area contributed by atoms with Crippen molar-refractivity contribution < 1.29 is 9.53 Å². The van der Waals surface area contributed by atoms with Gasteiger partial charge in [-0.3, -0.25) is 4.79 Å². The highest BCUT2D eigenvalue weighted by molar-refractivity contribution is 5.93. The summed E-state index contributed by atoms with van der Waals surface area (Å²) in [5, 5.41) is 6.47. The van der Waals surface area contributed by atoms with Crippen molar-refractivity contribution in [2.75, 3.05) is 11.9 Å². The van der Waals surface area contributed by atoms with Crippen LogP contribution in [0.5, 0.6) is 5.75 Å². The predicted molar refractivity (Wildman–Crippen MR) is 113 cm³/mol. The topological polar surface area (TPSA) is 50.4 Å². The van der Waals surface area contributed by atoms with Crippen molar-refractivity contribution in [3.05, 3.63) is 59.2 Å². The highest BCUT2D eigenvalue weighted by Crippen LogP contribution is 2.24. The minimum atomic E-state index is 0. The summed E-state index contributed by atoms with van der Waals surface area (Å²) in [7, 11) is 0. The van der Waals surface area contributed by atoms with Gasteiger partial charge >= 0.3 is 0 Å². The zero-order valence-corrected chi connectivity index (χ0v) is 17.1. The maximum atomic E-state index is 12.5. The van der Waals surface area contributed by atoms with Crippen LogP contribution in [0.15, 0.2) is 42.5 Å². The van der Waals surface area contributed by atoms with E-state index in [0.29, 0.717) is 12.6 Å². The van der Waals surface area contributed by atoms with E-state index in [1.54, 1.807) is 0 Å². The van der Waals surface area contributed by atoms with E-state index in [4.69, 9.17) is 4.74 Å². The van der Waals surface area contributed by atoms with Gasteiger partial charge in [0.1, 0.15) is 12.4 Å². The minimum absolute atomic E-state index is 0. The van der Waals surface area contributed by atoms with Gasteiger partial charge in [-0.1, -0.05) is 29.8 Å². The summed E-state index contributed by atoms with van der Waals surface area (Å²) in [4.78, 5) is 12.5. The standard InChI is InChI=1S/C22H28N2O2.ClH/c1-15-5-4-6-18(11-15)14-26-20-7-8-21(16(2)12-20)24-22(25)19-9-10-23-17(3)13-19;/h4-8,11-12,17,19,23H,9-10,13-14H2,1-3H3,(H,24,25);1H/t17-,19-;/m0./s1. The molecule has 2 aromatic rings. The van der Waals surface area contributed by atoms with Crippen LogP contribution in [-0.4, -0.2) is 18.5 Å². The highest BCUT2D eigenvalue weighted by atomic mass is 35.5.